The van der Waals surface area contributed by atoms with E-state index in [1.807, 2.05) is 0 Å². The molecule has 0 saturated heterocycles. The van der Waals surface area contributed by atoms with E-state index < -0.39 is 41.1 Å². The van der Waals surface area contributed by atoms with E-state index >= 15 is 0 Å². The molecule has 0 fully saturated rings. The van der Waals surface area contributed by atoms with E-state index in [4.69, 9.17) is 24.8 Å². The van der Waals surface area contributed by atoms with E-state index in [-0.39, 0.29) is 25.9 Å². The molecule has 0 aromatic heterocycles. The summed E-state index contributed by atoms with van der Waals surface area (Å²) in [6, 6.07) is 0. The van der Waals surface area contributed by atoms with Gasteiger partial charge in [0.25, 0.3) is 5.97 Å². The van der Waals surface area contributed by atoms with Crippen LogP contribution < -0.4 is 0 Å². The van der Waals surface area contributed by atoms with Crippen molar-refractivity contribution < 1.29 is 44.2 Å². The smallest absolute Gasteiger partial charge is 0.334 e. The van der Waals surface area contributed by atoms with Gasteiger partial charge in [0.15, 0.2) is 11.9 Å². The number of rotatable bonds is 11. The fourth-order valence-electron chi connectivity index (χ4n) is 2.40. The van der Waals surface area contributed by atoms with Gasteiger partial charge in [-0.05, 0) is 40.5 Å². The van der Waals surface area contributed by atoms with E-state index in [0.29, 0.717) is 0 Å². The van der Waals surface area contributed by atoms with Crippen LogP contribution in [0.15, 0.2) is 0 Å². The van der Waals surface area contributed by atoms with Crippen LogP contribution >= 0.6 is 0 Å². The molecule has 0 amide bonds. The van der Waals surface area contributed by atoms with Gasteiger partial charge < -0.3 is 34.6 Å². The van der Waals surface area contributed by atoms with E-state index in [9.17, 15) is 14.7 Å². The lowest BCUT2D eigenvalue weighted by Crippen LogP contribution is -2.40. The zero-order valence-electron chi connectivity index (χ0n) is 16.3. The molecule has 0 saturated carbocycles. The number of carbonyl (C=O) groups is 2. The van der Waals surface area contributed by atoms with Crippen molar-refractivity contribution in [3.05, 3.63) is 0 Å². The van der Waals surface area contributed by atoms with Gasteiger partial charge in [0.1, 0.15) is 0 Å². The normalized spacial score (nSPS) is 17.2. The van der Waals surface area contributed by atoms with Crippen LogP contribution in [0, 0.1) is 11.3 Å². The summed E-state index contributed by atoms with van der Waals surface area (Å²) in [6.07, 6.45) is -0.547. The maximum Gasteiger partial charge on any atom is 0.334 e. The molecule has 0 rings (SSSR count). The first-order valence-corrected chi connectivity index (χ1v) is 8.45. The number of hydrogen-bond acceptors (Lipinski definition) is 9. The molecule has 4 N–H and O–H groups in total. The summed E-state index contributed by atoms with van der Waals surface area (Å²) in [6.45, 7) is 7.37. The third-order valence-electron chi connectivity index (χ3n) is 4.01. The molecule has 0 aromatic rings. The van der Waals surface area contributed by atoms with Gasteiger partial charge in [-0.1, -0.05) is 6.92 Å². The Bertz CT molecular complexity index is 465. The van der Waals surface area contributed by atoms with Crippen LogP contribution in [0.5, 0.6) is 0 Å². The number of aliphatic hydroxyl groups is 4. The molecule has 0 aromatic carbocycles. The summed E-state index contributed by atoms with van der Waals surface area (Å²) in [4.78, 5) is 23.4. The van der Waals surface area contributed by atoms with Gasteiger partial charge >= 0.3 is 11.9 Å². The summed E-state index contributed by atoms with van der Waals surface area (Å²) < 4.78 is 14.9. The first kappa shape index (κ1) is 24.7. The van der Waals surface area contributed by atoms with E-state index in [1.54, 1.807) is 13.8 Å². The van der Waals surface area contributed by atoms with Crippen molar-refractivity contribution in [2.24, 2.45) is 11.3 Å². The van der Waals surface area contributed by atoms with Crippen LogP contribution in [0.25, 0.3) is 0 Å². The molecule has 0 bridgehead atoms. The minimum absolute atomic E-state index is 0.00524. The Hall–Kier alpha value is -1.26. The molecule has 0 radical (unpaired) electrons. The minimum atomic E-state index is -2.87. The quantitative estimate of drug-likeness (QED) is 0.226. The molecular formula is C17H32O9. The SMILES string of the molecule is COC(=O)C(C)OC(C)(O)CCCOC(=O)C(C)(C)CC(C)C(O)(O)O. The minimum Gasteiger partial charge on any atom is -0.467 e. The molecule has 9 nitrogen and oxygen atoms in total. The van der Waals surface area contributed by atoms with Crippen LogP contribution in [-0.2, 0) is 23.8 Å². The van der Waals surface area contributed by atoms with Gasteiger partial charge in [0, 0.05) is 12.3 Å². The monoisotopic (exact) mass is 380 g/mol. The van der Waals surface area contributed by atoms with Crippen molar-refractivity contribution in [1.29, 1.82) is 0 Å². The van der Waals surface area contributed by atoms with Crippen LogP contribution in [0.2, 0.25) is 0 Å². The van der Waals surface area contributed by atoms with Gasteiger partial charge in [-0.2, -0.15) is 0 Å². The molecule has 0 aliphatic carbocycles. The van der Waals surface area contributed by atoms with E-state index in [1.165, 1.54) is 27.9 Å². The van der Waals surface area contributed by atoms with Crippen LogP contribution in [0.4, 0.5) is 0 Å². The van der Waals surface area contributed by atoms with Gasteiger partial charge in [0.2, 0.25) is 0 Å². The largest absolute Gasteiger partial charge is 0.467 e. The highest BCUT2D eigenvalue weighted by molar-refractivity contribution is 5.75. The van der Waals surface area contributed by atoms with Crippen molar-refractivity contribution in [2.75, 3.05) is 13.7 Å². The van der Waals surface area contributed by atoms with Gasteiger partial charge in [-0.15, -0.1) is 0 Å². The highest BCUT2D eigenvalue weighted by Gasteiger charge is 2.38. The van der Waals surface area contributed by atoms with Crippen LogP contribution in [-0.4, -0.2) is 63.9 Å². The van der Waals surface area contributed by atoms with Crippen molar-refractivity contribution in [3.8, 4) is 0 Å². The van der Waals surface area contributed by atoms with Gasteiger partial charge in [-0.3, -0.25) is 4.79 Å². The summed E-state index contributed by atoms with van der Waals surface area (Å²) in [5, 5.41) is 37.6. The summed E-state index contributed by atoms with van der Waals surface area (Å²) in [5.41, 5.74) is -1.04. The number of methoxy groups -OCH3 is 1. The Morgan fingerprint density at radius 2 is 1.58 bits per heavy atom. The van der Waals surface area contributed by atoms with Crippen LogP contribution in [0.1, 0.15) is 53.9 Å². The second-order valence-electron chi connectivity index (χ2n) is 7.37. The second kappa shape index (κ2) is 9.61. The fourth-order valence-corrected chi connectivity index (χ4v) is 2.40. The standard InChI is InChI=1S/C17H32O9/c1-11(17(21,22)23)10-15(3,4)14(19)25-9-7-8-16(5,20)26-12(2)13(18)24-6/h11-12,20-23H,7-10H2,1-6H3. The molecule has 26 heavy (non-hydrogen) atoms. The molecule has 154 valence electrons. The van der Waals surface area contributed by atoms with E-state index in [0.717, 1.165) is 0 Å². The van der Waals surface area contributed by atoms with Crippen molar-refractivity contribution >= 4 is 11.9 Å². The zero-order valence-corrected chi connectivity index (χ0v) is 16.3. The summed E-state index contributed by atoms with van der Waals surface area (Å²) in [7, 11) is 1.22. The molecular weight excluding hydrogens is 348 g/mol. The lowest BCUT2D eigenvalue weighted by Gasteiger charge is -2.30. The molecule has 0 heterocycles. The fraction of sp³-hybridized carbons (Fsp3) is 0.882. The molecule has 3 atom stereocenters. The molecule has 0 aliphatic heterocycles. The molecule has 0 aliphatic rings. The lowest BCUT2D eigenvalue weighted by molar-refractivity contribution is -0.342. The number of esters is 2. The van der Waals surface area contributed by atoms with Gasteiger partial charge in [0.05, 0.1) is 19.1 Å². The predicted molar refractivity (Wildman–Crippen MR) is 90.3 cm³/mol. The van der Waals surface area contributed by atoms with Gasteiger partial charge in [-0.25, -0.2) is 4.79 Å². The Morgan fingerprint density at radius 3 is 2.04 bits per heavy atom. The Kier molecular flexibility index (Phi) is 9.14. The Balaban J connectivity index is 4.38. The third-order valence-corrected chi connectivity index (χ3v) is 4.01. The maximum absolute atomic E-state index is 12.1. The number of ether oxygens (including phenoxy) is 3. The Labute approximate surface area is 153 Å². The average molecular weight is 380 g/mol. The topological polar surface area (TPSA) is 143 Å². The highest BCUT2D eigenvalue weighted by Crippen LogP contribution is 2.31. The number of hydrogen-bond donors (Lipinski definition) is 4. The molecule has 3 unspecified atom stereocenters. The lowest BCUT2D eigenvalue weighted by atomic mass is 9.82. The third kappa shape index (κ3) is 8.91. The highest BCUT2D eigenvalue weighted by atomic mass is 16.7. The zero-order chi connectivity index (χ0) is 20.8. The average Bonchev–Trinajstić information content (AvgIpc) is 2.48. The molecule has 0 spiro atoms. The first-order chi connectivity index (χ1) is 11.6. The van der Waals surface area contributed by atoms with Crippen molar-refractivity contribution in [2.45, 2.75) is 71.7 Å². The first-order valence-electron chi connectivity index (χ1n) is 8.45. The van der Waals surface area contributed by atoms with Crippen molar-refractivity contribution in [3.63, 3.8) is 0 Å². The van der Waals surface area contributed by atoms with Crippen LogP contribution in [0.3, 0.4) is 0 Å². The summed E-state index contributed by atoms with van der Waals surface area (Å²) >= 11 is 0. The van der Waals surface area contributed by atoms with Crippen molar-refractivity contribution in [1.82, 2.24) is 0 Å². The maximum atomic E-state index is 12.1. The summed E-state index contributed by atoms with van der Waals surface area (Å²) in [5.74, 6) is -6.60. The predicted octanol–water partition coefficient (Wildman–Crippen LogP) is 0.279. The second-order valence-corrected chi connectivity index (χ2v) is 7.37. The van der Waals surface area contributed by atoms with E-state index in [2.05, 4.69) is 4.74 Å². The molecule has 9 heteroatoms. The number of carbonyl (C=O) groups excluding carboxylic acids is 2. The Morgan fingerprint density at radius 1 is 1.04 bits per heavy atom.